The van der Waals surface area contributed by atoms with Gasteiger partial charge in [0.2, 0.25) is 9.84 Å². The predicted molar refractivity (Wildman–Crippen MR) is 121 cm³/mol. The summed E-state index contributed by atoms with van der Waals surface area (Å²) in [7, 11) is -2.53. The van der Waals surface area contributed by atoms with Gasteiger partial charge >= 0.3 is 0 Å². The molecule has 4 aromatic rings. The van der Waals surface area contributed by atoms with Crippen LogP contribution in [0, 0.1) is 0 Å². The maximum Gasteiger partial charge on any atom is 0.253 e. The van der Waals surface area contributed by atoms with Crippen molar-refractivity contribution in [1.82, 2.24) is 14.7 Å². The molecular weight excluding hydrogens is 473 g/mol. The van der Waals surface area contributed by atoms with Gasteiger partial charge in [-0.2, -0.15) is 0 Å². The first kappa shape index (κ1) is 22.1. The van der Waals surface area contributed by atoms with Crippen molar-refractivity contribution in [1.29, 1.82) is 0 Å². The Morgan fingerprint density at radius 3 is 2.56 bits per heavy atom. The number of halogens is 2. The Balaban J connectivity index is 1.49. The van der Waals surface area contributed by atoms with Crippen LogP contribution in [0.2, 0.25) is 10.0 Å². The maximum absolute atomic E-state index is 13.0. The fraction of sp³-hybridized carbons (Fsp3) is 0.0909. The molecule has 1 amide bonds. The zero-order chi connectivity index (χ0) is 22.9. The van der Waals surface area contributed by atoms with Crippen LogP contribution in [0.4, 0.5) is 0 Å². The van der Waals surface area contributed by atoms with E-state index in [1.807, 2.05) is 0 Å². The number of imidazole rings is 1. The minimum atomic E-state index is -3.89. The standard InChI is InChI=1S/C22H17Cl2N3O4S/c1-31-21-17(23)7-8-18(20(21)24)32(29,30)16-5-2-14(3-6-16)12-26-22(28)15-4-9-19-25-10-11-27(19)13-15/h2-11,13H,12H2,1H3,(H,26,28). The van der Waals surface area contributed by atoms with Crippen LogP contribution in [0.5, 0.6) is 5.75 Å². The number of fused-ring (bicyclic) bond motifs is 1. The minimum Gasteiger partial charge on any atom is -0.494 e. The molecule has 7 nitrogen and oxygen atoms in total. The Bertz CT molecular complexity index is 1420. The van der Waals surface area contributed by atoms with E-state index in [0.717, 1.165) is 11.2 Å². The highest BCUT2D eigenvalue weighted by molar-refractivity contribution is 7.91. The molecule has 2 heterocycles. The number of ether oxygens (including phenoxy) is 1. The lowest BCUT2D eigenvalue weighted by atomic mass is 10.2. The lowest BCUT2D eigenvalue weighted by Gasteiger charge is -2.12. The zero-order valence-corrected chi connectivity index (χ0v) is 19.1. The molecular formula is C22H17Cl2N3O4S. The Morgan fingerprint density at radius 1 is 1.09 bits per heavy atom. The first-order chi connectivity index (χ1) is 15.3. The van der Waals surface area contributed by atoms with Gasteiger partial charge in [0, 0.05) is 25.1 Å². The molecule has 4 rings (SSSR count). The number of hydrogen-bond donors (Lipinski definition) is 1. The van der Waals surface area contributed by atoms with Crippen molar-refractivity contribution in [3.05, 3.63) is 88.3 Å². The number of benzene rings is 2. The summed E-state index contributed by atoms with van der Waals surface area (Å²) < 4.78 is 32.9. The van der Waals surface area contributed by atoms with E-state index in [4.69, 9.17) is 27.9 Å². The van der Waals surface area contributed by atoms with Crippen LogP contribution in [0.1, 0.15) is 15.9 Å². The average molecular weight is 490 g/mol. The van der Waals surface area contributed by atoms with E-state index >= 15 is 0 Å². The number of carbonyl (C=O) groups excluding carboxylic acids is 1. The second-order valence-electron chi connectivity index (χ2n) is 6.83. The number of hydrogen-bond acceptors (Lipinski definition) is 5. The molecule has 0 bridgehead atoms. The summed E-state index contributed by atoms with van der Waals surface area (Å²) in [6.45, 7) is 0.233. The van der Waals surface area contributed by atoms with E-state index < -0.39 is 9.84 Å². The van der Waals surface area contributed by atoms with Crippen LogP contribution in [-0.2, 0) is 16.4 Å². The third kappa shape index (κ3) is 4.17. The number of carbonyl (C=O) groups is 1. The monoisotopic (exact) mass is 489 g/mol. The number of methoxy groups -OCH3 is 1. The molecule has 0 saturated carbocycles. The highest BCUT2D eigenvalue weighted by atomic mass is 35.5. The van der Waals surface area contributed by atoms with Crippen LogP contribution < -0.4 is 10.1 Å². The molecule has 0 aliphatic rings. The maximum atomic E-state index is 13.0. The number of pyridine rings is 1. The van der Waals surface area contributed by atoms with Gasteiger partial charge in [-0.15, -0.1) is 0 Å². The van der Waals surface area contributed by atoms with Crippen molar-refractivity contribution in [2.24, 2.45) is 0 Å². The van der Waals surface area contributed by atoms with E-state index in [-0.39, 0.29) is 38.0 Å². The van der Waals surface area contributed by atoms with Gasteiger partial charge in [-0.25, -0.2) is 13.4 Å². The highest BCUT2D eigenvalue weighted by Crippen LogP contribution is 2.39. The Kier molecular flexibility index (Phi) is 6.10. The summed E-state index contributed by atoms with van der Waals surface area (Å²) in [6.07, 6.45) is 5.10. The fourth-order valence-electron chi connectivity index (χ4n) is 3.16. The van der Waals surface area contributed by atoms with Gasteiger partial charge < -0.3 is 14.5 Å². The quantitative estimate of drug-likeness (QED) is 0.433. The molecule has 0 saturated heterocycles. The molecule has 0 atom stereocenters. The molecule has 0 aliphatic carbocycles. The summed E-state index contributed by atoms with van der Waals surface area (Å²) in [4.78, 5) is 16.5. The zero-order valence-electron chi connectivity index (χ0n) is 16.7. The molecule has 2 aromatic heterocycles. The normalized spacial score (nSPS) is 11.5. The van der Waals surface area contributed by atoms with Gasteiger partial charge in [0.05, 0.1) is 27.5 Å². The van der Waals surface area contributed by atoms with Crippen LogP contribution in [-0.4, -0.2) is 30.8 Å². The summed E-state index contributed by atoms with van der Waals surface area (Å²) in [5.41, 5.74) is 1.97. The molecule has 0 fully saturated rings. The third-order valence-electron chi connectivity index (χ3n) is 4.84. The van der Waals surface area contributed by atoms with Crippen LogP contribution in [0.3, 0.4) is 0 Å². The summed E-state index contributed by atoms with van der Waals surface area (Å²) in [5.74, 6) is -0.153. The largest absolute Gasteiger partial charge is 0.494 e. The lowest BCUT2D eigenvalue weighted by Crippen LogP contribution is -2.23. The van der Waals surface area contributed by atoms with Crippen LogP contribution >= 0.6 is 23.2 Å². The number of sulfone groups is 1. The average Bonchev–Trinajstić information content (AvgIpc) is 3.26. The van der Waals surface area contributed by atoms with Gasteiger partial charge in [-0.05, 0) is 42.0 Å². The number of aromatic nitrogens is 2. The van der Waals surface area contributed by atoms with E-state index in [1.54, 1.807) is 47.3 Å². The van der Waals surface area contributed by atoms with Crippen molar-refractivity contribution in [2.75, 3.05) is 7.11 Å². The smallest absolute Gasteiger partial charge is 0.253 e. The number of nitrogens with zero attached hydrogens (tertiary/aromatic N) is 2. The van der Waals surface area contributed by atoms with Crippen LogP contribution in [0.25, 0.3) is 5.65 Å². The molecule has 0 radical (unpaired) electrons. The van der Waals surface area contributed by atoms with Gasteiger partial charge in [-0.1, -0.05) is 35.3 Å². The van der Waals surface area contributed by atoms with Gasteiger partial charge in [0.1, 0.15) is 10.7 Å². The summed E-state index contributed by atoms with van der Waals surface area (Å²) >= 11 is 12.2. The Labute approximate surface area is 194 Å². The molecule has 0 spiro atoms. The third-order valence-corrected chi connectivity index (χ3v) is 7.44. The van der Waals surface area contributed by atoms with Crippen molar-refractivity contribution >= 4 is 44.6 Å². The predicted octanol–water partition coefficient (Wildman–Crippen LogP) is 4.41. The minimum absolute atomic E-state index is 0.0596. The topological polar surface area (TPSA) is 89.8 Å². The van der Waals surface area contributed by atoms with Crippen molar-refractivity contribution in [2.45, 2.75) is 16.3 Å². The summed E-state index contributed by atoms with van der Waals surface area (Å²) in [5, 5.41) is 2.96. The molecule has 2 aromatic carbocycles. The van der Waals surface area contributed by atoms with Gasteiger partial charge in [0.25, 0.3) is 5.91 Å². The van der Waals surface area contributed by atoms with E-state index in [0.29, 0.717) is 5.56 Å². The highest BCUT2D eigenvalue weighted by Gasteiger charge is 2.24. The van der Waals surface area contributed by atoms with Crippen LogP contribution in [0.15, 0.2) is 76.9 Å². The lowest BCUT2D eigenvalue weighted by molar-refractivity contribution is 0.0950. The van der Waals surface area contributed by atoms with Gasteiger partial charge in [0.15, 0.2) is 5.75 Å². The van der Waals surface area contributed by atoms with Crippen molar-refractivity contribution in [3.63, 3.8) is 0 Å². The first-order valence-electron chi connectivity index (χ1n) is 9.38. The molecule has 0 unspecified atom stereocenters. The fourth-order valence-corrected chi connectivity index (χ4v) is 5.32. The molecule has 32 heavy (non-hydrogen) atoms. The van der Waals surface area contributed by atoms with Crippen molar-refractivity contribution in [3.8, 4) is 5.75 Å². The number of rotatable bonds is 6. The van der Waals surface area contributed by atoms with Crippen molar-refractivity contribution < 1.29 is 17.9 Å². The van der Waals surface area contributed by atoms with E-state index in [2.05, 4.69) is 10.3 Å². The summed E-state index contributed by atoms with van der Waals surface area (Å²) in [6, 6.07) is 12.4. The molecule has 164 valence electrons. The molecule has 10 heteroatoms. The number of amides is 1. The Hall–Kier alpha value is -3.07. The SMILES string of the molecule is COc1c(Cl)ccc(S(=O)(=O)c2ccc(CNC(=O)c3ccc4nccn4c3)cc2)c1Cl. The second-order valence-corrected chi connectivity index (χ2v) is 9.54. The Morgan fingerprint density at radius 2 is 1.84 bits per heavy atom. The first-order valence-corrected chi connectivity index (χ1v) is 11.6. The molecule has 1 N–H and O–H groups in total. The second kappa shape index (κ2) is 8.82. The number of nitrogens with one attached hydrogen (secondary N) is 1. The van der Waals surface area contributed by atoms with Gasteiger partial charge in [-0.3, -0.25) is 4.79 Å². The van der Waals surface area contributed by atoms with E-state index in [9.17, 15) is 13.2 Å². The molecule has 0 aliphatic heterocycles. The van der Waals surface area contributed by atoms with E-state index in [1.165, 1.54) is 31.4 Å².